The van der Waals surface area contributed by atoms with Crippen LogP contribution in [0.25, 0.3) is 99.1 Å². The fraction of sp³-hybridized carbons (Fsp3) is 0. The Labute approximate surface area is 316 Å². The van der Waals surface area contributed by atoms with Crippen molar-refractivity contribution >= 4 is 32.3 Å². The van der Waals surface area contributed by atoms with Crippen LogP contribution in [0.4, 0.5) is 0 Å². The maximum atomic E-state index is 2.37. The summed E-state index contributed by atoms with van der Waals surface area (Å²) in [6.07, 6.45) is 0. The molecule has 0 saturated heterocycles. The molecule has 0 nitrogen and oxygen atoms in total. The molecule has 0 heteroatoms. The zero-order valence-corrected chi connectivity index (χ0v) is 29.8. The molecule has 0 bridgehead atoms. The molecule has 0 amide bonds. The average Bonchev–Trinajstić information content (AvgIpc) is 3.26. The quantitative estimate of drug-likeness (QED) is 0.153. The predicted molar refractivity (Wildman–Crippen MR) is 232 cm³/mol. The van der Waals surface area contributed by atoms with Crippen LogP contribution in [-0.2, 0) is 0 Å². The van der Waals surface area contributed by atoms with Gasteiger partial charge in [0.05, 0.1) is 0 Å². The Morgan fingerprint density at radius 1 is 0.167 bits per heavy atom. The molecule has 10 aromatic carbocycles. The van der Waals surface area contributed by atoms with Crippen molar-refractivity contribution in [3.63, 3.8) is 0 Å². The molecular weight excluding hydrogens is 649 g/mol. The smallest absolute Gasteiger partial charge is 0.00259 e. The van der Waals surface area contributed by atoms with Crippen molar-refractivity contribution in [1.82, 2.24) is 0 Å². The van der Waals surface area contributed by atoms with Crippen LogP contribution in [0.5, 0.6) is 0 Å². The number of fused-ring (bicyclic) bond motifs is 3. The predicted octanol–water partition coefficient (Wildman–Crippen LogP) is 15.1. The molecule has 0 atom stereocenters. The molecule has 0 saturated carbocycles. The van der Waals surface area contributed by atoms with E-state index in [2.05, 4.69) is 218 Å². The highest BCUT2D eigenvalue weighted by Crippen LogP contribution is 2.46. The first-order chi connectivity index (χ1) is 26.8. The van der Waals surface area contributed by atoms with Gasteiger partial charge in [-0.25, -0.2) is 0 Å². The summed E-state index contributed by atoms with van der Waals surface area (Å²) in [5.41, 5.74) is 14.8. The molecular formula is C54H36. The lowest BCUT2D eigenvalue weighted by Gasteiger charge is -2.19. The van der Waals surface area contributed by atoms with Crippen LogP contribution in [0.2, 0.25) is 0 Å². The van der Waals surface area contributed by atoms with E-state index in [1.165, 1.54) is 99.1 Å². The zero-order valence-electron chi connectivity index (χ0n) is 29.8. The average molecular weight is 685 g/mol. The number of rotatable bonds is 6. The van der Waals surface area contributed by atoms with Crippen LogP contribution < -0.4 is 0 Å². The molecule has 252 valence electrons. The van der Waals surface area contributed by atoms with Crippen molar-refractivity contribution in [2.75, 3.05) is 0 Å². The molecule has 0 aliphatic heterocycles. The van der Waals surface area contributed by atoms with Gasteiger partial charge in [-0.1, -0.05) is 200 Å². The normalized spacial score (nSPS) is 11.3. The second kappa shape index (κ2) is 13.5. The fourth-order valence-corrected chi connectivity index (χ4v) is 8.35. The lowest BCUT2D eigenvalue weighted by atomic mass is 9.84. The SMILES string of the molecule is c1ccc(-c2cc(-c3ccccc3)cc(-c3c4ccccc4c(-c4ccc(-c5ccc(-c6ccccc6)c6ccccc56)cc4)c4ccccc34)c2)cc1. The molecule has 0 unspecified atom stereocenters. The van der Waals surface area contributed by atoms with E-state index in [4.69, 9.17) is 0 Å². The van der Waals surface area contributed by atoms with Crippen LogP contribution in [0.3, 0.4) is 0 Å². The summed E-state index contributed by atoms with van der Waals surface area (Å²) in [7, 11) is 0. The summed E-state index contributed by atoms with van der Waals surface area (Å²) >= 11 is 0. The topological polar surface area (TPSA) is 0 Å². The van der Waals surface area contributed by atoms with Gasteiger partial charge in [0.15, 0.2) is 0 Å². The standard InChI is InChI=1S/C54H36/c1-4-16-37(17-5-1)42-34-43(38-18-6-2-7-19-38)36-44(35-42)54-51-26-14-12-24-49(51)53(50-25-13-15-27-52(50)54)41-30-28-40(29-31-41)46-33-32-45(39-20-8-3-9-21-39)47-22-10-11-23-48(46)47/h1-36H. The van der Waals surface area contributed by atoms with Crippen LogP contribution in [0.15, 0.2) is 218 Å². The van der Waals surface area contributed by atoms with Crippen LogP contribution in [-0.4, -0.2) is 0 Å². The summed E-state index contributed by atoms with van der Waals surface area (Å²) in [5, 5.41) is 7.54. The van der Waals surface area contributed by atoms with E-state index in [9.17, 15) is 0 Å². The van der Waals surface area contributed by atoms with Crippen molar-refractivity contribution in [3.8, 4) is 66.8 Å². The van der Waals surface area contributed by atoms with Gasteiger partial charge in [-0.05, 0) is 117 Å². The molecule has 0 fully saturated rings. The van der Waals surface area contributed by atoms with E-state index < -0.39 is 0 Å². The summed E-state index contributed by atoms with van der Waals surface area (Å²) < 4.78 is 0. The number of benzene rings is 10. The van der Waals surface area contributed by atoms with Crippen molar-refractivity contribution in [2.45, 2.75) is 0 Å². The highest BCUT2D eigenvalue weighted by atomic mass is 14.2. The Morgan fingerprint density at radius 3 is 0.889 bits per heavy atom. The molecule has 0 heterocycles. The van der Waals surface area contributed by atoms with Gasteiger partial charge in [-0.15, -0.1) is 0 Å². The summed E-state index contributed by atoms with van der Waals surface area (Å²) in [6.45, 7) is 0. The van der Waals surface area contributed by atoms with Gasteiger partial charge >= 0.3 is 0 Å². The molecule has 0 N–H and O–H groups in total. The Hall–Kier alpha value is -7.02. The van der Waals surface area contributed by atoms with E-state index in [0.717, 1.165) is 0 Å². The minimum atomic E-state index is 1.21. The Bertz CT molecular complexity index is 2830. The van der Waals surface area contributed by atoms with Crippen molar-refractivity contribution in [3.05, 3.63) is 218 Å². The molecule has 10 rings (SSSR count). The van der Waals surface area contributed by atoms with Gasteiger partial charge in [-0.3, -0.25) is 0 Å². The van der Waals surface area contributed by atoms with Gasteiger partial charge < -0.3 is 0 Å². The molecule has 0 aliphatic rings. The van der Waals surface area contributed by atoms with Crippen LogP contribution >= 0.6 is 0 Å². The Morgan fingerprint density at radius 2 is 0.463 bits per heavy atom. The second-order valence-electron chi connectivity index (χ2n) is 14.0. The van der Waals surface area contributed by atoms with Crippen molar-refractivity contribution < 1.29 is 0 Å². The molecule has 10 aromatic rings. The van der Waals surface area contributed by atoms with Gasteiger partial charge in [0.2, 0.25) is 0 Å². The minimum absolute atomic E-state index is 1.21. The van der Waals surface area contributed by atoms with Gasteiger partial charge in [0, 0.05) is 0 Å². The summed E-state index contributed by atoms with van der Waals surface area (Å²) in [6, 6.07) is 79.7. The van der Waals surface area contributed by atoms with Gasteiger partial charge in [0.1, 0.15) is 0 Å². The number of hydrogen-bond acceptors (Lipinski definition) is 0. The maximum Gasteiger partial charge on any atom is -0.00259 e. The van der Waals surface area contributed by atoms with Crippen molar-refractivity contribution in [2.24, 2.45) is 0 Å². The third kappa shape index (κ3) is 5.57. The molecule has 0 spiro atoms. The first-order valence-electron chi connectivity index (χ1n) is 18.7. The van der Waals surface area contributed by atoms with Crippen LogP contribution in [0, 0.1) is 0 Å². The monoisotopic (exact) mass is 684 g/mol. The van der Waals surface area contributed by atoms with Crippen LogP contribution in [0.1, 0.15) is 0 Å². The minimum Gasteiger partial charge on any atom is -0.0622 e. The molecule has 54 heavy (non-hydrogen) atoms. The van der Waals surface area contributed by atoms with Gasteiger partial charge in [-0.2, -0.15) is 0 Å². The second-order valence-corrected chi connectivity index (χ2v) is 14.0. The largest absolute Gasteiger partial charge is 0.0622 e. The Balaban J connectivity index is 1.15. The first kappa shape index (κ1) is 31.7. The van der Waals surface area contributed by atoms with E-state index in [-0.39, 0.29) is 0 Å². The lowest BCUT2D eigenvalue weighted by molar-refractivity contribution is 1.58. The lowest BCUT2D eigenvalue weighted by Crippen LogP contribution is -1.92. The van der Waals surface area contributed by atoms with Gasteiger partial charge in [0.25, 0.3) is 0 Å². The number of hydrogen-bond donors (Lipinski definition) is 0. The molecule has 0 radical (unpaired) electrons. The summed E-state index contributed by atoms with van der Waals surface area (Å²) in [5.74, 6) is 0. The third-order valence-electron chi connectivity index (χ3n) is 10.9. The van der Waals surface area contributed by atoms with E-state index in [0.29, 0.717) is 0 Å². The highest BCUT2D eigenvalue weighted by Gasteiger charge is 2.18. The van der Waals surface area contributed by atoms with Crippen molar-refractivity contribution in [1.29, 1.82) is 0 Å². The summed E-state index contributed by atoms with van der Waals surface area (Å²) in [4.78, 5) is 0. The Kier molecular flexibility index (Phi) is 7.93. The fourth-order valence-electron chi connectivity index (χ4n) is 8.35. The molecule has 0 aromatic heterocycles. The third-order valence-corrected chi connectivity index (χ3v) is 10.9. The highest BCUT2D eigenvalue weighted by molar-refractivity contribution is 6.21. The molecule has 0 aliphatic carbocycles. The van der Waals surface area contributed by atoms with E-state index in [1.54, 1.807) is 0 Å². The van der Waals surface area contributed by atoms with E-state index in [1.807, 2.05) is 0 Å². The van der Waals surface area contributed by atoms with E-state index >= 15 is 0 Å². The first-order valence-corrected chi connectivity index (χ1v) is 18.7. The zero-order chi connectivity index (χ0) is 35.8. The maximum absolute atomic E-state index is 2.37.